The van der Waals surface area contributed by atoms with E-state index in [-0.39, 0.29) is 11.8 Å². The Morgan fingerprint density at radius 3 is 2.18 bits per heavy atom. The molecule has 0 amide bonds. The minimum atomic E-state index is -0.587. The number of allylic oxidation sites excluding steroid dienone is 2. The molecule has 3 fully saturated rings. The first kappa shape index (κ1) is 16.5. The van der Waals surface area contributed by atoms with Gasteiger partial charge in [0.1, 0.15) is 0 Å². The van der Waals surface area contributed by atoms with E-state index in [1.165, 1.54) is 12.0 Å². The Morgan fingerprint density at radius 1 is 0.955 bits per heavy atom. The van der Waals surface area contributed by atoms with Crippen molar-refractivity contribution in [2.75, 3.05) is 0 Å². The Morgan fingerprint density at radius 2 is 1.55 bits per heavy atom. The number of hydrogen-bond acceptors (Lipinski definition) is 2. The third-order valence-corrected chi connectivity index (χ3v) is 7.43. The molecule has 0 saturated heterocycles. The molecule has 7 unspecified atom stereocenters. The summed E-state index contributed by atoms with van der Waals surface area (Å²) in [5.41, 5.74) is 0.605. The van der Waals surface area contributed by atoms with E-state index in [9.17, 15) is 10.2 Å². The van der Waals surface area contributed by atoms with Crippen LogP contribution >= 0.6 is 0 Å². The Hall–Kier alpha value is -0.340. The molecule has 3 aliphatic rings. The highest BCUT2D eigenvalue weighted by Crippen LogP contribution is 2.73. The van der Waals surface area contributed by atoms with Gasteiger partial charge in [-0.3, -0.25) is 0 Å². The lowest BCUT2D eigenvalue weighted by Gasteiger charge is -2.38. The van der Waals surface area contributed by atoms with E-state index < -0.39 is 11.2 Å². The minimum Gasteiger partial charge on any atom is -0.390 e. The Bertz CT molecular complexity index is 472. The van der Waals surface area contributed by atoms with E-state index in [2.05, 4.69) is 26.8 Å². The van der Waals surface area contributed by atoms with Crippen LogP contribution in [0.4, 0.5) is 0 Å². The molecule has 7 atom stereocenters. The molecular formula is C20H34O2. The molecular weight excluding hydrogens is 272 g/mol. The maximum absolute atomic E-state index is 11.0. The Kier molecular flexibility index (Phi) is 3.81. The molecule has 3 saturated carbocycles. The molecule has 3 rings (SSSR count). The second kappa shape index (κ2) is 5.08. The summed E-state index contributed by atoms with van der Waals surface area (Å²) >= 11 is 0. The van der Waals surface area contributed by atoms with Gasteiger partial charge in [0.15, 0.2) is 0 Å². The maximum Gasteiger partial charge on any atom is 0.0654 e. The zero-order chi connectivity index (χ0) is 16.3. The van der Waals surface area contributed by atoms with Crippen molar-refractivity contribution in [2.24, 2.45) is 29.1 Å². The van der Waals surface area contributed by atoms with Crippen LogP contribution < -0.4 is 0 Å². The zero-order valence-electron chi connectivity index (χ0n) is 15.0. The van der Waals surface area contributed by atoms with Gasteiger partial charge >= 0.3 is 0 Å². The van der Waals surface area contributed by atoms with E-state index >= 15 is 0 Å². The van der Waals surface area contributed by atoms with Gasteiger partial charge in [-0.2, -0.15) is 0 Å². The molecule has 2 heteroatoms. The minimum absolute atomic E-state index is 0.280. The molecule has 0 spiro atoms. The molecule has 0 heterocycles. The quantitative estimate of drug-likeness (QED) is 0.763. The van der Waals surface area contributed by atoms with Crippen LogP contribution in [-0.4, -0.2) is 21.4 Å². The first-order valence-electron chi connectivity index (χ1n) is 9.18. The third kappa shape index (κ3) is 2.47. The summed E-state index contributed by atoms with van der Waals surface area (Å²) in [7, 11) is 0. The van der Waals surface area contributed by atoms with Gasteiger partial charge in [-0.15, -0.1) is 0 Å². The molecule has 3 aliphatic carbocycles. The predicted octanol–water partition coefficient (Wildman–Crippen LogP) is 4.31. The number of hydrogen-bond donors (Lipinski definition) is 2. The topological polar surface area (TPSA) is 40.5 Å². The van der Waals surface area contributed by atoms with Crippen molar-refractivity contribution in [2.45, 2.75) is 84.3 Å². The lowest BCUT2D eigenvalue weighted by molar-refractivity contribution is -0.0672. The maximum atomic E-state index is 11.0. The second-order valence-corrected chi connectivity index (χ2v) is 9.38. The van der Waals surface area contributed by atoms with Gasteiger partial charge in [-0.05, 0) is 95.3 Å². The average molecular weight is 306 g/mol. The summed E-state index contributed by atoms with van der Waals surface area (Å²) in [6, 6.07) is 0. The normalized spacial score (nSPS) is 53.4. The van der Waals surface area contributed by atoms with Gasteiger partial charge in [-0.1, -0.05) is 18.6 Å². The zero-order valence-corrected chi connectivity index (χ0v) is 15.0. The van der Waals surface area contributed by atoms with Crippen LogP contribution in [0.25, 0.3) is 0 Å². The Balaban J connectivity index is 1.83. The Labute approximate surface area is 136 Å². The predicted molar refractivity (Wildman–Crippen MR) is 90.4 cm³/mol. The SMILES string of the molecule is CC(C)=CCCC1(C)C2CCC(C)(O)C3CCC(C)(O)C3C21. The molecule has 2 nitrogen and oxygen atoms in total. The largest absolute Gasteiger partial charge is 0.390 e. The van der Waals surface area contributed by atoms with Gasteiger partial charge in [-0.25, -0.2) is 0 Å². The van der Waals surface area contributed by atoms with Crippen LogP contribution in [0, 0.1) is 29.1 Å². The van der Waals surface area contributed by atoms with Gasteiger partial charge in [0, 0.05) is 0 Å². The van der Waals surface area contributed by atoms with Crippen molar-refractivity contribution in [3.05, 3.63) is 11.6 Å². The molecule has 0 aromatic carbocycles. The van der Waals surface area contributed by atoms with Gasteiger partial charge < -0.3 is 10.2 Å². The van der Waals surface area contributed by atoms with Crippen molar-refractivity contribution in [1.29, 1.82) is 0 Å². The average Bonchev–Trinajstić information content (AvgIpc) is 2.84. The molecule has 0 bridgehead atoms. The highest BCUT2D eigenvalue weighted by molar-refractivity contribution is 5.19. The lowest BCUT2D eigenvalue weighted by Crippen LogP contribution is -2.43. The van der Waals surface area contributed by atoms with Crippen molar-refractivity contribution >= 4 is 0 Å². The van der Waals surface area contributed by atoms with Crippen LogP contribution in [0.1, 0.15) is 73.1 Å². The fraction of sp³-hybridized carbons (Fsp3) is 0.900. The van der Waals surface area contributed by atoms with Crippen LogP contribution in [0.5, 0.6) is 0 Å². The van der Waals surface area contributed by atoms with Crippen LogP contribution in [0.3, 0.4) is 0 Å². The summed E-state index contributed by atoms with van der Waals surface area (Å²) < 4.78 is 0. The standard InChI is InChI=1S/C20H34O2/c1-13(2)7-6-10-18(3)14-8-11-19(4,21)15-9-12-20(5,22)17(15)16(14)18/h7,14-17,21-22H,6,8-12H2,1-5H3. The van der Waals surface area contributed by atoms with Crippen LogP contribution in [0.15, 0.2) is 11.6 Å². The summed E-state index contributed by atoms with van der Waals surface area (Å²) in [6.45, 7) is 10.8. The van der Waals surface area contributed by atoms with E-state index in [4.69, 9.17) is 0 Å². The monoisotopic (exact) mass is 306 g/mol. The molecule has 0 aliphatic heterocycles. The van der Waals surface area contributed by atoms with Crippen LogP contribution in [0.2, 0.25) is 0 Å². The number of aliphatic hydroxyl groups is 2. The smallest absolute Gasteiger partial charge is 0.0654 e. The van der Waals surface area contributed by atoms with E-state index in [1.807, 2.05) is 13.8 Å². The number of fused-ring (bicyclic) bond motifs is 3. The highest BCUT2D eigenvalue weighted by atomic mass is 16.3. The lowest BCUT2D eigenvalue weighted by atomic mass is 9.72. The van der Waals surface area contributed by atoms with E-state index in [0.717, 1.165) is 32.1 Å². The van der Waals surface area contributed by atoms with Crippen molar-refractivity contribution in [1.82, 2.24) is 0 Å². The van der Waals surface area contributed by atoms with Crippen molar-refractivity contribution in [3.8, 4) is 0 Å². The van der Waals surface area contributed by atoms with Crippen molar-refractivity contribution < 1.29 is 10.2 Å². The van der Waals surface area contributed by atoms with Gasteiger partial charge in [0.2, 0.25) is 0 Å². The molecule has 22 heavy (non-hydrogen) atoms. The fourth-order valence-electron chi connectivity index (χ4n) is 6.09. The number of rotatable bonds is 3. The summed E-state index contributed by atoms with van der Waals surface area (Å²) in [4.78, 5) is 0. The highest BCUT2D eigenvalue weighted by Gasteiger charge is 2.70. The molecule has 0 aromatic rings. The first-order chi connectivity index (χ1) is 10.1. The summed E-state index contributed by atoms with van der Waals surface area (Å²) in [6.07, 6.45) is 8.61. The fourth-order valence-corrected chi connectivity index (χ4v) is 6.09. The molecule has 2 N–H and O–H groups in total. The van der Waals surface area contributed by atoms with Gasteiger partial charge in [0.05, 0.1) is 11.2 Å². The molecule has 126 valence electrons. The third-order valence-electron chi connectivity index (χ3n) is 7.43. The molecule has 0 aromatic heterocycles. The second-order valence-electron chi connectivity index (χ2n) is 9.38. The van der Waals surface area contributed by atoms with E-state index in [1.54, 1.807) is 0 Å². The summed E-state index contributed by atoms with van der Waals surface area (Å²) in [5, 5.41) is 21.9. The van der Waals surface area contributed by atoms with Crippen molar-refractivity contribution in [3.63, 3.8) is 0 Å². The first-order valence-corrected chi connectivity index (χ1v) is 9.18. The van der Waals surface area contributed by atoms with Crippen LogP contribution in [-0.2, 0) is 0 Å². The molecule has 0 radical (unpaired) electrons. The van der Waals surface area contributed by atoms with E-state index in [0.29, 0.717) is 17.3 Å². The van der Waals surface area contributed by atoms with Gasteiger partial charge in [0.25, 0.3) is 0 Å². The summed E-state index contributed by atoms with van der Waals surface area (Å²) in [5.74, 6) is 1.87.